The molecule has 20 heavy (non-hydrogen) atoms. The van der Waals surface area contributed by atoms with Crippen LogP contribution in [0.2, 0.25) is 0 Å². The van der Waals surface area contributed by atoms with Gasteiger partial charge in [0.05, 0.1) is 11.6 Å². The minimum absolute atomic E-state index is 0.731. The Hall–Kier alpha value is -1.49. The molecule has 0 N–H and O–H groups in total. The molecule has 0 unspecified atom stereocenters. The quantitative estimate of drug-likeness (QED) is 0.552. The maximum Gasteiger partial charge on any atom is 0.0991 e. The highest BCUT2D eigenvalue weighted by Crippen LogP contribution is 2.15. The van der Waals surface area contributed by atoms with Gasteiger partial charge in [0.25, 0.3) is 0 Å². The van der Waals surface area contributed by atoms with Gasteiger partial charge in [0.1, 0.15) is 0 Å². The Bertz CT molecular complexity index is 389. The molecule has 0 amide bonds. The number of nitrogens with zero attached hydrogens (tertiary/aromatic N) is 2. The Morgan fingerprint density at radius 1 is 0.900 bits per heavy atom. The van der Waals surface area contributed by atoms with E-state index >= 15 is 0 Å². The average Bonchev–Trinajstić information content (AvgIpc) is 2.50. The van der Waals surface area contributed by atoms with Crippen LogP contribution < -0.4 is 4.90 Å². The smallest absolute Gasteiger partial charge is 0.0991 e. The van der Waals surface area contributed by atoms with E-state index in [1.54, 1.807) is 0 Å². The molecule has 2 heteroatoms. The largest absolute Gasteiger partial charge is 0.375 e. The number of unbranched alkanes of at least 4 members (excludes halogenated alkanes) is 7. The van der Waals surface area contributed by atoms with Gasteiger partial charge in [-0.05, 0) is 30.7 Å². The predicted octanol–water partition coefficient (Wildman–Crippen LogP) is 5.14. The molecule has 0 aliphatic heterocycles. The lowest BCUT2D eigenvalue weighted by atomic mass is 10.1. The fourth-order valence-corrected chi connectivity index (χ4v) is 2.40. The Morgan fingerprint density at radius 3 is 2.00 bits per heavy atom. The Morgan fingerprint density at radius 2 is 1.45 bits per heavy atom. The normalized spacial score (nSPS) is 10.2. The fraction of sp³-hybridized carbons (Fsp3) is 0.611. The first kappa shape index (κ1) is 16.6. The lowest BCUT2D eigenvalue weighted by Crippen LogP contribution is -2.18. The van der Waals surface area contributed by atoms with Crippen molar-refractivity contribution in [2.24, 2.45) is 0 Å². The first-order valence-corrected chi connectivity index (χ1v) is 7.99. The molecule has 1 aromatic rings. The van der Waals surface area contributed by atoms with Gasteiger partial charge in [-0.2, -0.15) is 5.26 Å². The molecule has 1 aromatic carbocycles. The minimum atomic E-state index is 0.731. The third-order valence-corrected chi connectivity index (χ3v) is 3.78. The highest BCUT2D eigenvalue weighted by molar-refractivity contribution is 5.48. The second-order valence-electron chi connectivity index (χ2n) is 5.56. The van der Waals surface area contributed by atoms with Crippen molar-refractivity contribution in [1.82, 2.24) is 0 Å². The van der Waals surface area contributed by atoms with E-state index in [0.717, 1.165) is 12.1 Å². The van der Waals surface area contributed by atoms with E-state index in [-0.39, 0.29) is 0 Å². The van der Waals surface area contributed by atoms with Crippen LogP contribution >= 0.6 is 0 Å². The zero-order valence-electron chi connectivity index (χ0n) is 13.1. The van der Waals surface area contributed by atoms with Crippen LogP contribution in [0.25, 0.3) is 0 Å². The summed E-state index contributed by atoms with van der Waals surface area (Å²) in [4.78, 5) is 2.28. The summed E-state index contributed by atoms with van der Waals surface area (Å²) in [5, 5.41) is 8.78. The van der Waals surface area contributed by atoms with Crippen molar-refractivity contribution < 1.29 is 0 Å². The molecule has 0 aliphatic rings. The molecule has 0 radical (unpaired) electrons. The standard InChI is InChI=1S/C18H28N2/c1-3-4-5-6-7-8-9-10-15-20(2)18-13-11-17(16-19)12-14-18/h11-14H,3-10,15H2,1-2H3. The van der Waals surface area contributed by atoms with E-state index in [2.05, 4.69) is 24.9 Å². The molecule has 0 aliphatic carbocycles. The highest BCUT2D eigenvalue weighted by Gasteiger charge is 2.00. The first-order chi connectivity index (χ1) is 9.77. The number of benzene rings is 1. The van der Waals surface area contributed by atoms with Gasteiger partial charge in [-0.15, -0.1) is 0 Å². The summed E-state index contributed by atoms with van der Waals surface area (Å²) in [7, 11) is 2.13. The minimum Gasteiger partial charge on any atom is -0.375 e. The Kier molecular flexibility index (Phi) is 8.54. The van der Waals surface area contributed by atoms with Gasteiger partial charge in [0.2, 0.25) is 0 Å². The highest BCUT2D eigenvalue weighted by atomic mass is 15.1. The maximum absolute atomic E-state index is 8.78. The maximum atomic E-state index is 8.78. The van der Waals surface area contributed by atoms with Crippen LogP contribution in [0.4, 0.5) is 5.69 Å². The van der Waals surface area contributed by atoms with E-state index in [9.17, 15) is 0 Å². The van der Waals surface area contributed by atoms with Crippen molar-refractivity contribution in [3.63, 3.8) is 0 Å². The van der Waals surface area contributed by atoms with Gasteiger partial charge in [0, 0.05) is 19.3 Å². The lowest BCUT2D eigenvalue weighted by molar-refractivity contribution is 0.575. The molecular weight excluding hydrogens is 244 g/mol. The molecule has 0 aromatic heterocycles. The second kappa shape index (κ2) is 10.3. The van der Waals surface area contributed by atoms with E-state index < -0.39 is 0 Å². The van der Waals surface area contributed by atoms with Gasteiger partial charge < -0.3 is 4.90 Å². The molecule has 110 valence electrons. The summed E-state index contributed by atoms with van der Waals surface area (Å²) in [6, 6.07) is 9.99. The predicted molar refractivity (Wildman–Crippen MR) is 87.0 cm³/mol. The molecule has 0 spiro atoms. The van der Waals surface area contributed by atoms with Crippen LogP contribution in [0.5, 0.6) is 0 Å². The van der Waals surface area contributed by atoms with Crippen LogP contribution in [0.3, 0.4) is 0 Å². The summed E-state index contributed by atoms with van der Waals surface area (Å²) in [6.45, 7) is 3.36. The molecule has 0 saturated heterocycles. The molecule has 0 saturated carbocycles. The number of anilines is 1. The van der Waals surface area contributed by atoms with Crippen LogP contribution in [-0.4, -0.2) is 13.6 Å². The second-order valence-corrected chi connectivity index (χ2v) is 5.56. The summed E-state index contributed by atoms with van der Waals surface area (Å²) < 4.78 is 0. The fourth-order valence-electron chi connectivity index (χ4n) is 2.40. The summed E-state index contributed by atoms with van der Waals surface area (Å²) in [6.07, 6.45) is 10.9. The van der Waals surface area contributed by atoms with Gasteiger partial charge in [0.15, 0.2) is 0 Å². The van der Waals surface area contributed by atoms with Gasteiger partial charge >= 0.3 is 0 Å². The van der Waals surface area contributed by atoms with Crippen molar-refractivity contribution in [1.29, 1.82) is 5.26 Å². The number of hydrogen-bond acceptors (Lipinski definition) is 2. The summed E-state index contributed by atoms with van der Waals surface area (Å²) in [5.74, 6) is 0. The molecule has 0 atom stereocenters. The monoisotopic (exact) mass is 272 g/mol. The van der Waals surface area contributed by atoms with E-state index in [1.165, 1.54) is 57.1 Å². The van der Waals surface area contributed by atoms with E-state index in [4.69, 9.17) is 5.26 Å². The van der Waals surface area contributed by atoms with Crippen LogP contribution in [-0.2, 0) is 0 Å². The molecule has 1 rings (SSSR count). The van der Waals surface area contributed by atoms with Crippen LogP contribution in [0.1, 0.15) is 63.9 Å². The molecule has 2 nitrogen and oxygen atoms in total. The third-order valence-electron chi connectivity index (χ3n) is 3.78. The summed E-state index contributed by atoms with van der Waals surface area (Å²) in [5.41, 5.74) is 1.93. The molecule has 0 heterocycles. The van der Waals surface area contributed by atoms with Crippen molar-refractivity contribution in [3.8, 4) is 6.07 Å². The van der Waals surface area contributed by atoms with Crippen molar-refractivity contribution in [3.05, 3.63) is 29.8 Å². The van der Waals surface area contributed by atoms with Crippen LogP contribution in [0.15, 0.2) is 24.3 Å². The number of hydrogen-bond donors (Lipinski definition) is 0. The van der Waals surface area contributed by atoms with Gasteiger partial charge in [-0.3, -0.25) is 0 Å². The first-order valence-electron chi connectivity index (χ1n) is 7.99. The average molecular weight is 272 g/mol. The van der Waals surface area contributed by atoms with Crippen molar-refractivity contribution in [2.45, 2.75) is 58.3 Å². The molecule has 0 fully saturated rings. The zero-order valence-corrected chi connectivity index (χ0v) is 13.1. The van der Waals surface area contributed by atoms with E-state index in [0.29, 0.717) is 0 Å². The van der Waals surface area contributed by atoms with E-state index in [1.807, 2.05) is 24.3 Å². The number of rotatable bonds is 10. The molecular formula is C18H28N2. The van der Waals surface area contributed by atoms with Gasteiger partial charge in [-0.1, -0.05) is 51.9 Å². The topological polar surface area (TPSA) is 27.0 Å². The Balaban J connectivity index is 2.10. The van der Waals surface area contributed by atoms with Gasteiger partial charge in [-0.25, -0.2) is 0 Å². The van der Waals surface area contributed by atoms with Crippen LogP contribution in [0, 0.1) is 11.3 Å². The SMILES string of the molecule is CCCCCCCCCCN(C)c1ccc(C#N)cc1. The third kappa shape index (κ3) is 6.61. The lowest BCUT2D eigenvalue weighted by Gasteiger charge is -2.19. The number of nitriles is 1. The van der Waals surface area contributed by atoms with Crippen molar-refractivity contribution >= 4 is 5.69 Å². The Labute approximate surface area is 124 Å². The molecule has 0 bridgehead atoms. The van der Waals surface area contributed by atoms with Crippen molar-refractivity contribution in [2.75, 3.05) is 18.5 Å². The summed E-state index contributed by atoms with van der Waals surface area (Å²) >= 11 is 0. The zero-order chi connectivity index (χ0) is 14.6.